The van der Waals surface area contributed by atoms with Gasteiger partial charge in [0.15, 0.2) is 0 Å². The quantitative estimate of drug-likeness (QED) is 0.504. The number of anilines is 1. The van der Waals surface area contributed by atoms with Gasteiger partial charge in [-0.25, -0.2) is 0 Å². The summed E-state index contributed by atoms with van der Waals surface area (Å²) in [5, 5.41) is 12.9. The summed E-state index contributed by atoms with van der Waals surface area (Å²) in [6, 6.07) is 6.07. The van der Waals surface area contributed by atoms with Crippen molar-refractivity contribution in [1.82, 2.24) is 5.32 Å². The number of nitrogens with one attached hydrogen (secondary N) is 2. The van der Waals surface area contributed by atoms with E-state index in [1.807, 2.05) is 0 Å². The van der Waals surface area contributed by atoms with Crippen LogP contribution >= 0.6 is 0 Å². The van der Waals surface area contributed by atoms with Crippen molar-refractivity contribution in [3.8, 4) is 0 Å². The molecule has 0 saturated heterocycles. The third kappa shape index (κ3) is 3.56. The molecule has 0 aliphatic heterocycles. The number of amides is 3. The highest BCUT2D eigenvalue weighted by Gasteiger charge is 2.15. The molecule has 7 nitrogen and oxygen atoms in total. The summed E-state index contributed by atoms with van der Waals surface area (Å²) in [6.07, 6.45) is 0. The van der Waals surface area contributed by atoms with Gasteiger partial charge in [-0.05, 0) is 12.1 Å². The molecule has 0 aliphatic carbocycles. The molecule has 1 rings (SSSR count). The van der Waals surface area contributed by atoms with Crippen LogP contribution in [0.4, 0.5) is 5.69 Å². The monoisotopic (exact) mass is 251 g/mol. The van der Waals surface area contributed by atoms with E-state index in [0.717, 1.165) is 0 Å². The number of benzene rings is 1. The molecule has 0 spiro atoms. The summed E-state index contributed by atoms with van der Waals surface area (Å²) in [5.74, 6) is -2.54. The van der Waals surface area contributed by atoms with E-state index in [1.165, 1.54) is 12.1 Å². The van der Waals surface area contributed by atoms with Gasteiger partial charge in [0.2, 0.25) is 0 Å². The Labute approximate surface area is 103 Å². The largest absolute Gasteiger partial charge is 0.395 e. The zero-order valence-electron chi connectivity index (χ0n) is 9.47. The van der Waals surface area contributed by atoms with Gasteiger partial charge in [0.05, 0.1) is 17.9 Å². The predicted octanol–water partition coefficient (Wildman–Crippen LogP) is -1.17. The maximum Gasteiger partial charge on any atom is 0.313 e. The number of rotatable bonds is 4. The maximum atomic E-state index is 11.4. The highest BCUT2D eigenvalue weighted by Crippen LogP contribution is 2.13. The molecule has 0 radical (unpaired) electrons. The number of para-hydroxylation sites is 1. The number of aliphatic hydroxyl groups excluding tert-OH is 1. The number of hydrogen-bond acceptors (Lipinski definition) is 4. The topological polar surface area (TPSA) is 122 Å². The van der Waals surface area contributed by atoms with Crippen molar-refractivity contribution in [3.05, 3.63) is 29.8 Å². The third-order valence-corrected chi connectivity index (χ3v) is 2.04. The third-order valence-electron chi connectivity index (χ3n) is 2.04. The van der Waals surface area contributed by atoms with Crippen LogP contribution in [0.1, 0.15) is 10.4 Å². The SMILES string of the molecule is NC(=O)c1ccccc1NC(=O)C(=O)NCCO. The van der Waals surface area contributed by atoms with E-state index in [0.29, 0.717) is 0 Å². The van der Waals surface area contributed by atoms with Crippen LogP contribution in [-0.2, 0) is 9.59 Å². The fourth-order valence-corrected chi connectivity index (χ4v) is 1.24. The summed E-state index contributed by atoms with van der Waals surface area (Å²) < 4.78 is 0. The van der Waals surface area contributed by atoms with Crippen LogP contribution in [-0.4, -0.2) is 36.0 Å². The second kappa shape index (κ2) is 6.36. The Hall–Kier alpha value is -2.41. The summed E-state index contributed by atoms with van der Waals surface area (Å²) in [4.78, 5) is 33.8. The zero-order chi connectivity index (χ0) is 13.5. The molecule has 7 heteroatoms. The van der Waals surface area contributed by atoms with E-state index in [4.69, 9.17) is 10.8 Å². The smallest absolute Gasteiger partial charge is 0.313 e. The van der Waals surface area contributed by atoms with E-state index in [-0.39, 0.29) is 24.4 Å². The van der Waals surface area contributed by atoms with Crippen molar-refractivity contribution in [2.75, 3.05) is 18.5 Å². The second-order valence-corrected chi connectivity index (χ2v) is 3.34. The van der Waals surface area contributed by atoms with E-state index in [1.54, 1.807) is 12.1 Å². The van der Waals surface area contributed by atoms with Gasteiger partial charge in [-0.15, -0.1) is 0 Å². The average molecular weight is 251 g/mol. The summed E-state index contributed by atoms with van der Waals surface area (Å²) >= 11 is 0. The minimum Gasteiger partial charge on any atom is -0.395 e. The number of nitrogens with two attached hydrogens (primary N) is 1. The van der Waals surface area contributed by atoms with Gasteiger partial charge in [-0.2, -0.15) is 0 Å². The molecule has 0 saturated carbocycles. The van der Waals surface area contributed by atoms with Crippen LogP contribution in [0.5, 0.6) is 0 Å². The van der Waals surface area contributed by atoms with Crippen LogP contribution < -0.4 is 16.4 Å². The van der Waals surface area contributed by atoms with E-state index < -0.39 is 17.7 Å². The van der Waals surface area contributed by atoms with Gasteiger partial charge in [-0.3, -0.25) is 14.4 Å². The lowest BCUT2D eigenvalue weighted by atomic mass is 10.1. The zero-order valence-corrected chi connectivity index (χ0v) is 9.47. The first kappa shape index (κ1) is 13.7. The molecule has 18 heavy (non-hydrogen) atoms. The minimum absolute atomic E-state index is 0.0241. The molecule has 5 N–H and O–H groups in total. The number of hydrogen-bond donors (Lipinski definition) is 4. The van der Waals surface area contributed by atoms with E-state index in [2.05, 4.69) is 10.6 Å². The van der Waals surface area contributed by atoms with Crippen LogP contribution in [0.2, 0.25) is 0 Å². The highest BCUT2D eigenvalue weighted by molar-refractivity contribution is 6.40. The Morgan fingerprint density at radius 1 is 1.17 bits per heavy atom. The molecule has 0 aromatic heterocycles. The van der Waals surface area contributed by atoms with Crippen molar-refractivity contribution in [1.29, 1.82) is 0 Å². The Morgan fingerprint density at radius 3 is 2.44 bits per heavy atom. The second-order valence-electron chi connectivity index (χ2n) is 3.34. The first-order valence-electron chi connectivity index (χ1n) is 5.15. The maximum absolute atomic E-state index is 11.4. The van der Waals surface area contributed by atoms with E-state index >= 15 is 0 Å². The van der Waals surface area contributed by atoms with Gasteiger partial charge in [0.25, 0.3) is 5.91 Å². The Morgan fingerprint density at radius 2 is 1.83 bits per heavy atom. The first-order chi connectivity index (χ1) is 8.56. The van der Waals surface area contributed by atoms with Crippen molar-refractivity contribution in [2.24, 2.45) is 5.73 Å². The normalized spacial score (nSPS) is 9.61. The molecule has 0 bridgehead atoms. The van der Waals surface area contributed by atoms with Crippen molar-refractivity contribution in [2.45, 2.75) is 0 Å². The molecule has 3 amide bonds. The van der Waals surface area contributed by atoms with Crippen LogP contribution in [0.15, 0.2) is 24.3 Å². The van der Waals surface area contributed by atoms with Gasteiger partial charge < -0.3 is 21.5 Å². The first-order valence-corrected chi connectivity index (χ1v) is 5.15. The number of carbonyl (C=O) groups excluding carboxylic acids is 3. The lowest BCUT2D eigenvalue weighted by Gasteiger charge is -2.08. The molecule has 1 aromatic carbocycles. The fourth-order valence-electron chi connectivity index (χ4n) is 1.24. The van der Waals surface area contributed by atoms with Gasteiger partial charge in [-0.1, -0.05) is 12.1 Å². The van der Waals surface area contributed by atoms with Crippen LogP contribution in [0.3, 0.4) is 0 Å². The minimum atomic E-state index is -0.933. The van der Waals surface area contributed by atoms with Gasteiger partial charge >= 0.3 is 11.8 Å². The van der Waals surface area contributed by atoms with Gasteiger partial charge in [0.1, 0.15) is 0 Å². The summed E-state index contributed by atoms with van der Waals surface area (Å²) in [5.41, 5.74) is 5.40. The Bertz CT molecular complexity index is 473. The predicted molar refractivity (Wildman–Crippen MR) is 63.7 cm³/mol. The van der Waals surface area contributed by atoms with Gasteiger partial charge in [0, 0.05) is 6.54 Å². The summed E-state index contributed by atoms with van der Waals surface area (Å²) in [7, 11) is 0. The van der Waals surface area contributed by atoms with Crippen molar-refractivity contribution >= 4 is 23.4 Å². The standard InChI is InChI=1S/C11H13N3O4/c12-9(16)7-3-1-2-4-8(7)14-11(18)10(17)13-5-6-15/h1-4,15H,5-6H2,(H2,12,16)(H,13,17)(H,14,18). The fraction of sp³-hybridized carbons (Fsp3) is 0.182. The molecular formula is C11H13N3O4. The van der Waals surface area contributed by atoms with Crippen molar-refractivity contribution < 1.29 is 19.5 Å². The van der Waals surface area contributed by atoms with Crippen LogP contribution in [0, 0.1) is 0 Å². The number of primary amides is 1. The molecular weight excluding hydrogens is 238 g/mol. The average Bonchev–Trinajstić information content (AvgIpc) is 2.36. The molecule has 1 aromatic rings. The van der Waals surface area contributed by atoms with Crippen molar-refractivity contribution in [3.63, 3.8) is 0 Å². The number of carbonyl (C=O) groups is 3. The molecule has 0 aliphatic rings. The van der Waals surface area contributed by atoms with Crippen LogP contribution in [0.25, 0.3) is 0 Å². The molecule has 96 valence electrons. The highest BCUT2D eigenvalue weighted by atomic mass is 16.3. The Balaban J connectivity index is 2.76. The molecule has 0 unspecified atom stereocenters. The molecule has 0 heterocycles. The molecule has 0 atom stereocenters. The number of aliphatic hydroxyl groups is 1. The Kier molecular flexibility index (Phi) is 4.82. The summed E-state index contributed by atoms with van der Waals surface area (Å²) in [6.45, 7) is -0.291. The lowest BCUT2D eigenvalue weighted by Crippen LogP contribution is -2.37. The van der Waals surface area contributed by atoms with E-state index in [9.17, 15) is 14.4 Å². The molecule has 0 fully saturated rings. The lowest BCUT2D eigenvalue weighted by molar-refractivity contribution is -0.136.